The van der Waals surface area contributed by atoms with Gasteiger partial charge in [0.2, 0.25) is 0 Å². The van der Waals surface area contributed by atoms with E-state index in [-0.39, 0.29) is 17.8 Å². The lowest BCUT2D eigenvalue weighted by Gasteiger charge is -2.17. The van der Waals surface area contributed by atoms with Crippen LogP contribution in [0.3, 0.4) is 0 Å². The van der Waals surface area contributed by atoms with Gasteiger partial charge in [0.05, 0.1) is 5.56 Å². The Labute approximate surface area is 152 Å². The first-order chi connectivity index (χ1) is 12.6. The number of hydrogen-bond donors (Lipinski definition) is 2. The summed E-state index contributed by atoms with van der Waals surface area (Å²) in [6, 6.07) is 19.5. The number of carbonyl (C=O) groups excluding carboxylic acids is 1. The third-order valence-electron chi connectivity index (χ3n) is 4.07. The van der Waals surface area contributed by atoms with Crippen molar-refractivity contribution in [3.05, 3.63) is 95.4 Å². The van der Waals surface area contributed by atoms with Gasteiger partial charge in [-0.15, -0.1) is 0 Å². The summed E-state index contributed by atoms with van der Waals surface area (Å²) < 4.78 is 13.0. The fourth-order valence-electron chi connectivity index (χ4n) is 2.61. The van der Waals surface area contributed by atoms with Crippen LogP contribution in [0.2, 0.25) is 0 Å². The summed E-state index contributed by atoms with van der Waals surface area (Å²) in [4.78, 5) is 16.9. The number of amides is 1. The lowest BCUT2D eigenvalue weighted by Crippen LogP contribution is -2.24. The second-order valence-electron chi connectivity index (χ2n) is 5.99. The highest BCUT2D eigenvalue weighted by Crippen LogP contribution is 2.20. The van der Waals surface area contributed by atoms with Gasteiger partial charge in [0.1, 0.15) is 11.6 Å². The van der Waals surface area contributed by atoms with Crippen molar-refractivity contribution in [1.29, 1.82) is 0 Å². The lowest BCUT2D eigenvalue weighted by molar-refractivity contribution is 0.0951. The van der Waals surface area contributed by atoms with Crippen LogP contribution in [0.5, 0.6) is 0 Å². The molecule has 3 rings (SSSR count). The van der Waals surface area contributed by atoms with E-state index in [1.807, 2.05) is 37.3 Å². The van der Waals surface area contributed by atoms with Crippen LogP contribution in [0.25, 0.3) is 0 Å². The quantitative estimate of drug-likeness (QED) is 0.697. The molecule has 0 aliphatic carbocycles. The topological polar surface area (TPSA) is 54.0 Å². The molecule has 1 amide bonds. The van der Waals surface area contributed by atoms with Gasteiger partial charge < -0.3 is 10.6 Å². The zero-order chi connectivity index (χ0) is 18.4. The Balaban J connectivity index is 1.69. The van der Waals surface area contributed by atoms with Gasteiger partial charge in [-0.1, -0.05) is 42.5 Å². The number of nitrogens with zero attached hydrogens (tertiary/aromatic N) is 1. The highest BCUT2D eigenvalue weighted by Gasteiger charge is 2.14. The van der Waals surface area contributed by atoms with Crippen LogP contribution in [-0.4, -0.2) is 10.9 Å². The fourth-order valence-corrected chi connectivity index (χ4v) is 2.61. The zero-order valence-corrected chi connectivity index (χ0v) is 14.4. The van der Waals surface area contributed by atoms with Crippen molar-refractivity contribution in [2.24, 2.45) is 0 Å². The summed E-state index contributed by atoms with van der Waals surface area (Å²) in [5, 5.41) is 6.14. The average Bonchev–Trinajstić information content (AvgIpc) is 2.68. The number of rotatable bonds is 6. The standard InChI is InChI=1S/C21H20FN3O/c1-15(17-6-3-2-4-7-17)25-20-19(8-5-13-23-20)21(26)24-14-16-9-11-18(22)12-10-16/h2-13,15H,14H2,1H3,(H,23,25)(H,24,26)/t15-/m0/s1. The van der Waals surface area contributed by atoms with Crippen molar-refractivity contribution in [3.63, 3.8) is 0 Å². The Morgan fingerprint density at radius 2 is 1.77 bits per heavy atom. The van der Waals surface area contributed by atoms with E-state index in [0.29, 0.717) is 17.9 Å². The summed E-state index contributed by atoms with van der Waals surface area (Å²) in [6.45, 7) is 2.34. The van der Waals surface area contributed by atoms with E-state index in [4.69, 9.17) is 0 Å². The van der Waals surface area contributed by atoms with Crippen LogP contribution < -0.4 is 10.6 Å². The number of anilines is 1. The number of pyridine rings is 1. The van der Waals surface area contributed by atoms with Crippen molar-refractivity contribution < 1.29 is 9.18 Å². The Morgan fingerprint density at radius 3 is 2.50 bits per heavy atom. The van der Waals surface area contributed by atoms with Crippen molar-refractivity contribution in [2.75, 3.05) is 5.32 Å². The Bertz CT molecular complexity index is 866. The number of halogens is 1. The molecule has 26 heavy (non-hydrogen) atoms. The summed E-state index contributed by atoms with van der Waals surface area (Å²) in [6.07, 6.45) is 1.65. The maximum Gasteiger partial charge on any atom is 0.255 e. The Morgan fingerprint density at radius 1 is 1.04 bits per heavy atom. The van der Waals surface area contributed by atoms with Crippen LogP contribution in [0, 0.1) is 5.82 Å². The molecule has 0 radical (unpaired) electrons. The SMILES string of the molecule is C[C@H](Nc1ncccc1C(=O)NCc1ccc(F)cc1)c1ccccc1. The van der Waals surface area contributed by atoms with E-state index in [9.17, 15) is 9.18 Å². The predicted octanol–water partition coefficient (Wildman–Crippen LogP) is 4.32. The maximum absolute atomic E-state index is 13.0. The molecule has 3 aromatic rings. The molecule has 2 aromatic carbocycles. The molecule has 1 heterocycles. The van der Waals surface area contributed by atoms with Crippen molar-refractivity contribution in [1.82, 2.24) is 10.3 Å². The molecule has 132 valence electrons. The number of aromatic nitrogens is 1. The van der Waals surface area contributed by atoms with E-state index in [2.05, 4.69) is 15.6 Å². The van der Waals surface area contributed by atoms with Gasteiger partial charge in [-0.2, -0.15) is 0 Å². The molecule has 0 fully saturated rings. The molecule has 4 nitrogen and oxygen atoms in total. The molecule has 0 aliphatic heterocycles. The van der Waals surface area contributed by atoms with Gasteiger partial charge >= 0.3 is 0 Å². The van der Waals surface area contributed by atoms with Gasteiger partial charge in [-0.25, -0.2) is 9.37 Å². The third-order valence-corrected chi connectivity index (χ3v) is 4.07. The molecule has 1 atom stereocenters. The summed E-state index contributed by atoms with van der Waals surface area (Å²) in [5.74, 6) is -0.000586. The summed E-state index contributed by atoms with van der Waals surface area (Å²) >= 11 is 0. The fraction of sp³-hybridized carbons (Fsp3) is 0.143. The summed E-state index contributed by atoms with van der Waals surface area (Å²) in [7, 11) is 0. The van der Waals surface area contributed by atoms with E-state index >= 15 is 0 Å². The second-order valence-corrected chi connectivity index (χ2v) is 5.99. The van der Waals surface area contributed by atoms with E-state index in [0.717, 1.165) is 11.1 Å². The van der Waals surface area contributed by atoms with Crippen LogP contribution in [0.15, 0.2) is 72.9 Å². The number of carbonyl (C=O) groups is 1. The van der Waals surface area contributed by atoms with E-state index in [1.165, 1.54) is 12.1 Å². The first kappa shape index (κ1) is 17.6. The van der Waals surface area contributed by atoms with Gasteiger partial charge in [0.15, 0.2) is 0 Å². The predicted molar refractivity (Wildman–Crippen MR) is 100 cm³/mol. The van der Waals surface area contributed by atoms with Crippen molar-refractivity contribution in [2.45, 2.75) is 19.5 Å². The molecule has 0 saturated heterocycles. The van der Waals surface area contributed by atoms with Gasteiger partial charge in [0.25, 0.3) is 5.91 Å². The molecular weight excluding hydrogens is 329 g/mol. The van der Waals surface area contributed by atoms with Crippen LogP contribution in [0.4, 0.5) is 10.2 Å². The molecule has 0 spiro atoms. The molecule has 1 aromatic heterocycles. The minimum atomic E-state index is -0.297. The average molecular weight is 349 g/mol. The van der Waals surface area contributed by atoms with Gasteiger partial charge in [-0.3, -0.25) is 4.79 Å². The summed E-state index contributed by atoms with van der Waals surface area (Å²) in [5.41, 5.74) is 2.41. The molecule has 2 N–H and O–H groups in total. The molecule has 0 aliphatic rings. The monoisotopic (exact) mass is 349 g/mol. The second kappa shape index (κ2) is 8.25. The number of hydrogen-bond acceptors (Lipinski definition) is 3. The first-order valence-corrected chi connectivity index (χ1v) is 8.42. The Hall–Kier alpha value is -3.21. The largest absolute Gasteiger partial charge is 0.363 e. The third kappa shape index (κ3) is 4.45. The smallest absolute Gasteiger partial charge is 0.255 e. The molecule has 0 unspecified atom stereocenters. The zero-order valence-electron chi connectivity index (χ0n) is 14.4. The minimum Gasteiger partial charge on any atom is -0.363 e. The normalized spacial score (nSPS) is 11.6. The molecule has 5 heteroatoms. The van der Waals surface area contributed by atoms with Crippen LogP contribution in [-0.2, 0) is 6.54 Å². The lowest BCUT2D eigenvalue weighted by atomic mass is 10.1. The molecule has 0 saturated carbocycles. The highest BCUT2D eigenvalue weighted by atomic mass is 19.1. The highest BCUT2D eigenvalue weighted by molar-refractivity contribution is 5.98. The molecular formula is C21H20FN3O. The first-order valence-electron chi connectivity index (χ1n) is 8.42. The van der Waals surface area contributed by atoms with Gasteiger partial charge in [-0.05, 0) is 42.3 Å². The van der Waals surface area contributed by atoms with E-state index < -0.39 is 0 Å². The van der Waals surface area contributed by atoms with Gasteiger partial charge in [0, 0.05) is 18.8 Å². The van der Waals surface area contributed by atoms with Crippen molar-refractivity contribution in [3.8, 4) is 0 Å². The minimum absolute atomic E-state index is 0.00903. The maximum atomic E-state index is 13.0. The number of benzene rings is 2. The number of nitrogens with one attached hydrogen (secondary N) is 2. The Kier molecular flexibility index (Phi) is 5.59. The van der Waals surface area contributed by atoms with Crippen LogP contribution >= 0.6 is 0 Å². The van der Waals surface area contributed by atoms with Crippen molar-refractivity contribution >= 4 is 11.7 Å². The van der Waals surface area contributed by atoms with Crippen LogP contribution in [0.1, 0.15) is 34.5 Å². The molecule has 0 bridgehead atoms. The van der Waals surface area contributed by atoms with E-state index in [1.54, 1.807) is 30.5 Å².